The molecule has 0 aromatic carbocycles. The number of carbonyl (C=O) groups excluding carboxylic acids is 1. The molecule has 1 aliphatic heterocycles. The number of hydrogen-bond acceptors (Lipinski definition) is 7. The number of hydrogen-bond donors (Lipinski definition) is 1. The number of anilines is 1. The summed E-state index contributed by atoms with van der Waals surface area (Å²) in [5.41, 5.74) is 6.30. The number of amides is 1. The second-order valence-corrected chi connectivity index (χ2v) is 6.28. The molecule has 0 saturated carbocycles. The number of carbonyl (C=O) groups is 1. The Bertz CT molecular complexity index is 925. The number of rotatable bonds is 5. The summed E-state index contributed by atoms with van der Waals surface area (Å²) >= 11 is 0. The van der Waals surface area contributed by atoms with Gasteiger partial charge in [-0.25, -0.2) is 14.4 Å². The van der Waals surface area contributed by atoms with E-state index in [1.807, 2.05) is 0 Å². The fourth-order valence-electron chi connectivity index (χ4n) is 3.14. The smallest absolute Gasteiger partial charge is 0.222 e. The summed E-state index contributed by atoms with van der Waals surface area (Å²) < 4.78 is 15.9. The average molecular weight is 370 g/mol. The molecule has 3 heterocycles. The number of nitrogens with two attached hydrogens (primary N) is 1. The van der Waals surface area contributed by atoms with E-state index in [0.29, 0.717) is 23.2 Å². The molecule has 1 aliphatic rings. The number of aromatic nitrogens is 4. The molecule has 27 heavy (non-hydrogen) atoms. The zero-order valence-corrected chi connectivity index (χ0v) is 15.0. The summed E-state index contributed by atoms with van der Waals surface area (Å²) in [6.07, 6.45) is 4.50. The third-order valence-electron chi connectivity index (χ3n) is 4.65. The highest BCUT2D eigenvalue weighted by molar-refractivity contribution is 5.93. The first kappa shape index (κ1) is 18.4. The first-order chi connectivity index (χ1) is 13.0. The van der Waals surface area contributed by atoms with E-state index < -0.39 is 11.7 Å². The second kappa shape index (κ2) is 7.11. The van der Waals surface area contributed by atoms with Crippen LogP contribution in [0.25, 0.3) is 11.3 Å². The molecule has 0 aliphatic carbocycles. The van der Waals surface area contributed by atoms with E-state index in [1.54, 1.807) is 26.2 Å². The van der Waals surface area contributed by atoms with Crippen molar-refractivity contribution in [2.45, 2.75) is 25.1 Å². The molecule has 3 rings (SSSR count). The van der Waals surface area contributed by atoms with Crippen molar-refractivity contribution in [1.82, 2.24) is 24.6 Å². The van der Waals surface area contributed by atoms with Gasteiger partial charge in [0.1, 0.15) is 23.8 Å². The van der Waals surface area contributed by atoms with E-state index in [2.05, 4.69) is 20.1 Å². The maximum Gasteiger partial charge on any atom is 0.222 e. The maximum atomic E-state index is 14.5. The van der Waals surface area contributed by atoms with Gasteiger partial charge < -0.3 is 10.6 Å². The van der Waals surface area contributed by atoms with Gasteiger partial charge in [-0.2, -0.15) is 10.4 Å². The van der Waals surface area contributed by atoms with Gasteiger partial charge in [0.05, 0.1) is 30.5 Å². The number of likely N-dealkylation sites (tertiary alicyclic amines) is 1. The molecule has 140 valence electrons. The van der Waals surface area contributed by atoms with Gasteiger partial charge in [0.2, 0.25) is 12.1 Å². The van der Waals surface area contributed by atoms with Gasteiger partial charge in [-0.1, -0.05) is 6.92 Å². The van der Waals surface area contributed by atoms with Crippen molar-refractivity contribution in [3.63, 3.8) is 0 Å². The highest BCUT2D eigenvalue weighted by atomic mass is 19.1. The van der Waals surface area contributed by atoms with Crippen LogP contribution in [0.4, 0.5) is 10.2 Å². The lowest BCUT2D eigenvalue weighted by molar-refractivity contribution is -0.145. The van der Waals surface area contributed by atoms with Crippen LogP contribution in [0.2, 0.25) is 0 Å². The van der Waals surface area contributed by atoms with Gasteiger partial charge in [-0.15, -0.1) is 0 Å². The number of nitriles is 1. The maximum absolute atomic E-state index is 14.5. The number of nitrogens with zero attached hydrogens (tertiary/aromatic N) is 7. The van der Waals surface area contributed by atoms with Crippen molar-refractivity contribution in [3.8, 4) is 17.3 Å². The van der Waals surface area contributed by atoms with Gasteiger partial charge in [0.15, 0.2) is 0 Å². The minimum Gasteiger partial charge on any atom is -0.383 e. The molecule has 0 spiro atoms. The molecule has 10 heteroatoms. The zero-order chi connectivity index (χ0) is 19.6. The Balaban J connectivity index is 1.99. The lowest BCUT2D eigenvalue weighted by Crippen LogP contribution is -2.68. The van der Waals surface area contributed by atoms with Gasteiger partial charge in [-0.3, -0.25) is 14.5 Å². The minimum absolute atomic E-state index is 0.0880. The van der Waals surface area contributed by atoms with E-state index in [1.165, 1.54) is 28.3 Å². The largest absolute Gasteiger partial charge is 0.383 e. The molecular formula is C17H19FN8O. The van der Waals surface area contributed by atoms with Crippen LogP contribution in [0, 0.1) is 11.3 Å². The Labute approximate surface area is 155 Å². The Kier molecular flexibility index (Phi) is 4.85. The molecule has 9 nitrogen and oxygen atoms in total. The molecule has 2 aromatic rings. The Morgan fingerprint density at radius 1 is 1.56 bits per heavy atom. The Morgan fingerprint density at radius 2 is 2.30 bits per heavy atom. The topological polar surface area (TPSA) is 126 Å². The van der Waals surface area contributed by atoms with Crippen molar-refractivity contribution in [1.29, 1.82) is 5.26 Å². The molecule has 1 saturated heterocycles. The Hall–Kier alpha value is -3.35. The van der Waals surface area contributed by atoms with Crippen LogP contribution in [0.1, 0.15) is 18.9 Å². The van der Waals surface area contributed by atoms with E-state index in [4.69, 9.17) is 11.0 Å². The number of aliphatic imine (C=N–C) groups is 1. The van der Waals surface area contributed by atoms with Crippen LogP contribution in [-0.4, -0.2) is 63.1 Å². The third kappa shape index (κ3) is 3.01. The van der Waals surface area contributed by atoms with Crippen molar-refractivity contribution in [2.75, 3.05) is 25.9 Å². The summed E-state index contributed by atoms with van der Waals surface area (Å²) in [4.78, 5) is 25.5. The van der Waals surface area contributed by atoms with Crippen molar-refractivity contribution in [2.24, 2.45) is 4.99 Å². The molecule has 1 fully saturated rings. The summed E-state index contributed by atoms with van der Waals surface area (Å²) in [7, 11) is 1.60. The van der Waals surface area contributed by atoms with Gasteiger partial charge >= 0.3 is 0 Å². The predicted molar refractivity (Wildman–Crippen MR) is 96.5 cm³/mol. The number of nitrogen functional groups attached to an aromatic ring is 1. The minimum atomic E-state index is -1.81. The lowest BCUT2D eigenvalue weighted by atomic mass is 9.85. The summed E-state index contributed by atoms with van der Waals surface area (Å²) in [6.45, 7) is 1.91. The predicted octanol–water partition coefficient (Wildman–Crippen LogP) is 0.780. The van der Waals surface area contributed by atoms with Crippen molar-refractivity contribution in [3.05, 3.63) is 24.3 Å². The van der Waals surface area contributed by atoms with Crippen LogP contribution in [-0.2, 0) is 10.3 Å². The quantitative estimate of drug-likeness (QED) is 0.775. The van der Waals surface area contributed by atoms with Gasteiger partial charge in [-0.05, 0) is 0 Å². The van der Waals surface area contributed by atoms with E-state index in [-0.39, 0.29) is 24.8 Å². The number of alkyl halides is 1. The summed E-state index contributed by atoms with van der Waals surface area (Å²) in [6, 6.07) is 1.64. The molecule has 2 aromatic heterocycles. The van der Waals surface area contributed by atoms with E-state index in [0.717, 1.165) is 0 Å². The van der Waals surface area contributed by atoms with Crippen LogP contribution in [0.3, 0.4) is 0 Å². The van der Waals surface area contributed by atoms with Crippen LogP contribution in [0.5, 0.6) is 0 Å². The standard InChI is InChI=1S/C17H19FN8O/c1-3-14(27)25-8-17(9-25,13(18)4-19)26-7-11(5-24-26)15-12(6-21-2)16(20)23-10-22-15/h5-7,10,13H,3,8-9H2,1-2H3,(H2,20,22,23). The highest BCUT2D eigenvalue weighted by Crippen LogP contribution is 2.36. The van der Waals surface area contributed by atoms with Crippen LogP contribution < -0.4 is 5.73 Å². The molecule has 1 atom stereocenters. The fourth-order valence-corrected chi connectivity index (χ4v) is 3.14. The first-order valence-corrected chi connectivity index (χ1v) is 8.36. The molecule has 1 amide bonds. The first-order valence-electron chi connectivity index (χ1n) is 8.36. The summed E-state index contributed by atoms with van der Waals surface area (Å²) in [5.74, 6) is 0.171. The van der Waals surface area contributed by atoms with Gasteiger partial charge in [0, 0.05) is 31.4 Å². The SMILES string of the molecule is CCC(=O)N1CC(C(F)C#N)(n2cc(-c3ncnc(N)c3C=NC)cn2)C1. The van der Waals surface area contributed by atoms with Crippen LogP contribution in [0.15, 0.2) is 23.7 Å². The molecule has 1 unspecified atom stereocenters. The normalized spacial score (nSPS) is 16.7. The van der Waals surface area contributed by atoms with Crippen molar-refractivity contribution < 1.29 is 9.18 Å². The molecular weight excluding hydrogens is 351 g/mol. The van der Waals surface area contributed by atoms with Crippen LogP contribution >= 0.6 is 0 Å². The highest BCUT2D eigenvalue weighted by Gasteiger charge is 2.53. The van der Waals surface area contributed by atoms with E-state index in [9.17, 15) is 9.18 Å². The Morgan fingerprint density at radius 3 is 2.93 bits per heavy atom. The number of halogens is 1. The van der Waals surface area contributed by atoms with E-state index >= 15 is 0 Å². The lowest BCUT2D eigenvalue weighted by Gasteiger charge is -2.49. The monoisotopic (exact) mass is 370 g/mol. The van der Waals surface area contributed by atoms with Gasteiger partial charge in [0.25, 0.3) is 0 Å². The second-order valence-electron chi connectivity index (χ2n) is 6.28. The average Bonchev–Trinajstić information content (AvgIpc) is 3.12. The zero-order valence-electron chi connectivity index (χ0n) is 15.0. The van der Waals surface area contributed by atoms with Crippen molar-refractivity contribution >= 4 is 17.9 Å². The molecule has 2 N–H and O–H groups in total. The third-order valence-corrected chi connectivity index (χ3v) is 4.65. The summed E-state index contributed by atoms with van der Waals surface area (Å²) in [5, 5.41) is 13.4. The molecule has 0 radical (unpaired) electrons. The molecule has 0 bridgehead atoms. The fraction of sp³-hybridized carbons (Fsp3) is 0.412.